The number of hydrogen-bond acceptors (Lipinski definition) is 3. The summed E-state index contributed by atoms with van der Waals surface area (Å²) in [5.41, 5.74) is 3.38. The van der Waals surface area contributed by atoms with Crippen molar-refractivity contribution in [1.82, 2.24) is 10.2 Å². The number of amides is 2. The molecule has 5 nitrogen and oxygen atoms in total. The lowest BCUT2D eigenvalue weighted by molar-refractivity contribution is 0.180. The van der Waals surface area contributed by atoms with Crippen LogP contribution in [0.15, 0.2) is 42.5 Å². The van der Waals surface area contributed by atoms with E-state index in [2.05, 4.69) is 24.4 Å². The van der Waals surface area contributed by atoms with Gasteiger partial charge in [-0.2, -0.15) is 0 Å². The van der Waals surface area contributed by atoms with E-state index in [0.717, 1.165) is 36.1 Å². The van der Waals surface area contributed by atoms with Crippen molar-refractivity contribution < 1.29 is 14.3 Å². The van der Waals surface area contributed by atoms with Gasteiger partial charge in [0.15, 0.2) is 11.5 Å². The van der Waals surface area contributed by atoms with Gasteiger partial charge in [-0.15, -0.1) is 0 Å². The number of urea groups is 1. The number of methoxy groups -OCH3 is 2. The molecule has 5 heteroatoms. The van der Waals surface area contributed by atoms with Crippen LogP contribution in [0.25, 0.3) is 0 Å². The Morgan fingerprint density at radius 3 is 2.52 bits per heavy atom. The van der Waals surface area contributed by atoms with Gasteiger partial charge in [0.2, 0.25) is 0 Å². The molecule has 2 aromatic rings. The molecule has 27 heavy (non-hydrogen) atoms. The number of ether oxygens (including phenoxy) is 2. The first-order valence-electron chi connectivity index (χ1n) is 9.53. The normalized spacial score (nSPS) is 15.8. The molecule has 0 bridgehead atoms. The fourth-order valence-corrected chi connectivity index (χ4v) is 3.63. The van der Waals surface area contributed by atoms with Crippen LogP contribution in [0, 0.1) is 0 Å². The smallest absolute Gasteiger partial charge is 0.318 e. The molecule has 0 fully saturated rings. The van der Waals surface area contributed by atoms with E-state index in [1.54, 1.807) is 14.2 Å². The third-order valence-corrected chi connectivity index (χ3v) is 5.06. The molecule has 2 aromatic carbocycles. The van der Waals surface area contributed by atoms with Gasteiger partial charge in [0.1, 0.15) is 0 Å². The summed E-state index contributed by atoms with van der Waals surface area (Å²) in [6.45, 7) is 3.49. The lowest BCUT2D eigenvalue weighted by atomic mass is 9.88. The third kappa shape index (κ3) is 4.02. The highest BCUT2D eigenvalue weighted by molar-refractivity contribution is 5.76. The van der Waals surface area contributed by atoms with E-state index in [4.69, 9.17) is 9.47 Å². The summed E-state index contributed by atoms with van der Waals surface area (Å²) in [7, 11) is 3.29. The average molecular weight is 368 g/mol. The minimum Gasteiger partial charge on any atom is -0.493 e. The summed E-state index contributed by atoms with van der Waals surface area (Å²) in [6, 6.07) is 14.1. The lowest BCUT2D eigenvalue weighted by Crippen LogP contribution is -2.46. The first-order chi connectivity index (χ1) is 13.2. The molecule has 0 aliphatic carbocycles. The molecular weight excluding hydrogens is 340 g/mol. The van der Waals surface area contributed by atoms with Gasteiger partial charge < -0.3 is 19.7 Å². The highest BCUT2D eigenvalue weighted by atomic mass is 16.5. The number of nitrogens with one attached hydrogen (secondary N) is 1. The number of carbonyl (C=O) groups excluding carboxylic acids is 1. The molecule has 1 unspecified atom stereocenters. The number of nitrogens with zero attached hydrogens (tertiary/aromatic N) is 1. The maximum absolute atomic E-state index is 12.9. The third-order valence-electron chi connectivity index (χ3n) is 5.06. The Bertz CT molecular complexity index is 777. The fraction of sp³-hybridized carbons (Fsp3) is 0.409. The summed E-state index contributed by atoms with van der Waals surface area (Å²) < 4.78 is 11.0. The standard InChI is InChI=1S/C22H28N2O3/c1-4-5-12-23-22(25)24-13-11-17-14-19(26-2)20(27-3)15-18(17)21(24)16-9-7-6-8-10-16/h6-10,14-15,21H,4-5,11-13H2,1-3H3,(H,23,25). The van der Waals surface area contributed by atoms with Crippen LogP contribution in [-0.4, -0.2) is 38.2 Å². The van der Waals surface area contributed by atoms with Crippen molar-refractivity contribution in [3.05, 3.63) is 59.2 Å². The van der Waals surface area contributed by atoms with Gasteiger partial charge in [-0.1, -0.05) is 43.7 Å². The lowest BCUT2D eigenvalue weighted by Gasteiger charge is -2.38. The van der Waals surface area contributed by atoms with Crippen LogP contribution < -0.4 is 14.8 Å². The Morgan fingerprint density at radius 2 is 1.85 bits per heavy atom. The van der Waals surface area contributed by atoms with E-state index >= 15 is 0 Å². The van der Waals surface area contributed by atoms with Crippen molar-refractivity contribution >= 4 is 6.03 Å². The predicted molar refractivity (Wildman–Crippen MR) is 107 cm³/mol. The van der Waals surface area contributed by atoms with Crippen molar-refractivity contribution in [2.75, 3.05) is 27.3 Å². The van der Waals surface area contributed by atoms with E-state index in [9.17, 15) is 4.79 Å². The maximum Gasteiger partial charge on any atom is 0.318 e. The Hall–Kier alpha value is -2.69. The zero-order valence-corrected chi connectivity index (χ0v) is 16.3. The van der Waals surface area contributed by atoms with Gasteiger partial charge in [-0.3, -0.25) is 0 Å². The molecule has 0 saturated heterocycles. The Morgan fingerprint density at radius 1 is 1.15 bits per heavy atom. The number of carbonyl (C=O) groups is 1. The molecule has 0 saturated carbocycles. The molecule has 0 spiro atoms. The van der Waals surface area contributed by atoms with E-state index in [1.807, 2.05) is 35.2 Å². The van der Waals surface area contributed by atoms with Crippen molar-refractivity contribution in [2.24, 2.45) is 0 Å². The molecule has 1 heterocycles. The second-order valence-electron chi connectivity index (χ2n) is 6.75. The van der Waals surface area contributed by atoms with E-state index < -0.39 is 0 Å². The summed E-state index contributed by atoms with van der Waals surface area (Å²) in [5, 5.41) is 3.07. The minimum atomic E-state index is -0.142. The number of rotatable bonds is 6. The second-order valence-corrected chi connectivity index (χ2v) is 6.75. The zero-order valence-electron chi connectivity index (χ0n) is 16.3. The topological polar surface area (TPSA) is 50.8 Å². The van der Waals surface area contributed by atoms with Crippen molar-refractivity contribution in [1.29, 1.82) is 0 Å². The van der Waals surface area contributed by atoms with Crippen molar-refractivity contribution in [3.8, 4) is 11.5 Å². The predicted octanol–water partition coefficient (Wildman–Crippen LogP) is 4.16. The van der Waals surface area contributed by atoms with Gasteiger partial charge in [0.25, 0.3) is 0 Å². The van der Waals surface area contributed by atoms with Crippen LogP contribution in [0.5, 0.6) is 11.5 Å². The summed E-state index contributed by atoms with van der Waals surface area (Å²) in [6.07, 6.45) is 2.83. The number of benzene rings is 2. The van der Waals surface area contributed by atoms with Crippen LogP contribution >= 0.6 is 0 Å². The fourth-order valence-electron chi connectivity index (χ4n) is 3.63. The van der Waals surface area contributed by atoms with Crippen molar-refractivity contribution in [2.45, 2.75) is 32.2 Å². The van der Waals surface area contributed by atoms with Gasteiger partial charge in [0, 0.05) is 13.1 Å². The first kappa shape index (κ1) is 19.1. The zero-order chi connectivity index (χ0) is 19.2. The quantitative estimate of drug-likeness (QED) is 0.779. The molecule has 1 atom stereocenters. The molecule has 1 aliphatic rings. The molecule has 0 aromatic heterocycles. The highest BCUT2D eigenvalue weighted by Crippen LogP contribution is 2.40. The molecule has 0 radical (unpaired) electrons. The molecule has 3 rings (SSSR count). The van der Waals surface area contributed by atoms with Crippen LogP contribution in [0.2, 0.25) is 0 Å². The van der Waals surface area contributed by atoms with E-state index in [1.165, 1.54) is 5.56 Å². The molecular formula is C22H28N2O3. The Labute approximate surface area is 161 Å². The largest absolute Gasteiger partial charge is 0.493 e. The van der Waals surface area contributed by atoms with Gasteiger partial charge in [0.05, 0.1) is 20.3 Å². The molecule has 1 aliphatic heterocycles. The average Bonchev–Trinajstić information content (AvgIpc) is 2.72. The van der Waals surface area contributed by atoms with Crippen molar-refractivity contribution in [3.63, 3.8) is 0 Å². The van der Waals surface area contributed by atoms with E-state index in [-0.39, 0.29) is 12.1 Å². The Kier molecular flexibility index (Phi) is 6.22. The monoisotopic (exact) mass is 368 g/mol. The SMILES string of the molecule is CCCCNC(=O)N1CCc2cc(OC)c(OC)cc2C1c1ccccc1. The number of unbranched alkanes of at least 4 members (excludes halogenated alkanes) is 1. The number of hydrogen-bond donors (Lipinski definition) is 1. The minimum absolute atomic E-state index is 0.0160. The van der Waals surface area contributed by atoms with Gasteiger partial charge >= 0.3 is 6.03 Å². The molecule has 1 N–H and O–H groups in total. The van der Waals surface area contributed by atoms with Crippen LogP contribution in [0.3, 0.4) is 0 Å². The summed E-state index contributed by atoms with van der Waals surface area (Å²) in [5.74, 6) is 1.41. The number of fused-ring (bicyclic) bond motifs is 1. The first-order valence-corrected chi connectivity index (χ1v) is 9.53. The van der Waals surface area contributed by atoms with Crippen LogP contribution in [0.1, 0.15) is 42.5 Å². The Balaban J connectivity index is 2.02. The van der Waals surface area contributed by atoms with Crippen LogP contribution in [0.4, 0.5) is 4.79 Å². The van der Waals surface area contributed by atoms with Gasteiger partial charge in [-0.05, 0) is 41.7 Å². The highest BCUT2D eigenvalue weighted by Gasteiger charge is 2.33. The van der Waals surface area contributed by atoms with E-state index in [0.29, 0.717) is 18.8 Å². The van der Waals surface area contributed by atoms with Crippen LogP contribution in [-0.2, 0) is 6.42 Å². The maximum atomic E-state index is 12.9. The molecule has 144 valence electrons. The molecule has 2 amide bonds. The summed E-state index contributed by atoms with van der Waals surface area (Å²) in [4.78, 5) is 14.8. The summed E-state index contributed by atoms with van der Waals surface area (Å²) >= 11 is 0. The second kappa shape index (κ2) is 8.80. The van der Waals surface area contributed by atoms with Gasteiger partial charge in [-0.25, -0.2) is 4.79 Å².